The molecular formula is C13H19FN2O2. The van der Waals surface area contributed by atoms with E-state index in [9.17, 15) is 9.18 Å². The summed E-state index contributed by atoms with van der Waals surface area (Å²) in [7, 11) is 1.61. The maximum absolute atomic E-state index is 12.9. The van der Waals surface area contributed by atoms with E-state index in [1.807, 2.05) is 13.8 Å². The van der Waals surface area contributed by atoms with Gasteiger partial charge in [0.25, 0.3) is 0 Å². The van der Waals surface area contributed by atoms with E-state index in [2.05, 4.69) is 10.6 Å². The Hall–Kier alpha value is -1.46. The van der Waals surface area contributed by atoms with Crippen LogP contribution < -0.4 is 10.6 Å². The summed E-state index contributed by atoms with van der Waals surface area (Å²) in [5.41, 5.74) is 0.167. The van der Waals surface area contributed by atoms with Crippen LogP contribution in [0.5, 0.6) is 0 Å². The molecule has 100 valence electrons. The van der Waals surface area contributed by atoms with Crippen LogP contribution >= 0.6 is 0 Å². The highest BCUT2D eigenvalue weighted by molar-refractivity contribution is 5.92. The fourth-order valence-corrected chi connectivity index (χ4v) is 1.50. The summed E-state index contributed by atoms with van der Waals surface area (Å²) in [6.07, 6.45) is 0. The van der Waals surface area contributed by atoms with E-state index in [1.165, 1.54) is 12.1 Å². The minimum atomic E-state index is -0.375. The molecule has 4 nitrogen and oxygen atoms in total. The van der Waals surface area contributed by atoms with Crippen molar-refractivity contribution in [3.05, 3.63) is 30.1 Å². The molecule has 0 atom stereocenters. The SMILES string of the molecule is COCC(C)(C)NCC(=O)Nc1cccc(F)c1. The van der Waals surface area contributed by atoms with Crippen LogP contribution in [0.1, 0.15) is 13.8 Å². The van der Waals surface area contributed by atoms with Crippen LogP contribution in [0, 0.1) is 5.82 Å². The zero-order valence-electron chi connectivity index (χ0n) is 10.9. The van der Waals surface area contributed by atoms with E-state index in [4.69, 9.17) is 4.74 Å². The fraction of sp³-hybridized carbons (Fsp3) is 0.462. The van der Waals surface area contributed by atoms with E-state index in [-0.39, 0.29) is 23.8 Å². The molecule has 0 saturated carbocycles. The molecule has 0 heterocycles. The third kappa shape index (κ3) is 5.25. The monoisotopic (exact) mass is 254 g/mol. The van der Waals surface area contributed by atoms with Gasteiger partial charge in [0, 0.05) is 18.3 Å². The average molecular weight is 254 g/mol. The quantitative estimate of drug-likeness (QED) is 0.813. The van der Waals surface area contributed by atoms with Gasteiger partial charge in [0.05, 0.1) is 13.2 Å². The number of anilines is 1. The Bertz CT molecular complexity index is 408. The Labute approximate surface area is 107 Å². The van der Waals surface area contributed by atoms with Crippen molar-refractivity contribution in [2.45, 2.75) is 19.4 Å². The maximum atomic E-state index is 12.9. The van der Waals surface area contributed by atoms with E-state index in [0.717, 1.165) is 0 Å². The van der Waals surface area contributed by atoms with Crippen LogP contribution in [0.4, 0.5) is 10.1 Å². The number of hydrogen-bond acceptors (Lipinski definition) is 3. The summed E-state index contributed by atoms with van der Waals surface area (Å²) < 4.78 is 17.9. The number of carbonyl (C=O) groups excluding carboxylic acids is 1. The van der Waals surface area contributed by atoms with E-state index >= 15 is 0 Å². The zero-order valence-corrected chi connectivity index (χ0v) is 10.9. The number of carbonyl (C=O) groups is 1. The molecule has 0 aliphatic carbocycles. The normalized spacial score (nSPS) is 11.3. The van der Waals surface area contributed by atoms with Crippen molar-refractivity contribution in [3.8, 4) is 0 Å². The first-order valence-corrected chi connectivity index (χ1v) is 5.72. The molecule has 0 aliphatic rings. The molecule has 0 aliphatic heterocycles. The van der Waals surface area contributed by atoms with Gasteiger partial charge in [-0.15, -0.1) is 0 Å². The van der Waals surface area contributed by atoms with Crippen LogP contribution in [-0.2, 0) is 9.53 Å². The first-order valence-electron chi connectivity index (χ1n) is 5.72. The second-order valence-corrected chi connectivity index (χ2v) is 4.73. The highest BCUT2D eigenvalue weighted by Crippen LogP contribution is 2.08. The van der Waals surface area contributed by atoms with Gasteiger partial charge in [-0.25, -0.2) is 4.39 Å². The summed E-state index contributed by atoms with van der Waals surface area (Å²) in [4.78, 5) is 11.6. The minimum Gasteiger partial charge on any atom is -0.383 e. The van der Waals surface area contributed by atoms with Gasteiger partial charge in [-0.05, 0) is 32.0 Å². The van der Waals surface area contributed by atoms with Crippen molar-refractivity contribution in [1.82, 2.24) is 5.32 Å². The second-order valence-electron chi connectivity index (χ2n) is 4.73. The Morgan fingerprint density at radius 3 is 2.78 bits per heavy atom. The predicted molar refractivity (Wildman–Crippen MR) is 69.0 cm³/mol. The Balaban J connectivity index is 2.43. The van der Waals surface area contributed by atoms with E-state index in [1.54, 1.807) is 19.2 Å². The molecular weight excluding hydrogens is 235 g/mol. The molecule has 0 unspecified atom stereocenters. The average Bonchev–Trinajstić information content (AvgIpc) is 2.26. The molecule has 1 amide bonds. The standard InChI is InChI=1S/C13H19FN2O2/c1-13(2,9-18-3)15-8-12(17)16-11-6-4-5-10(14)7-11/h4-7,15H,8-9H2,1-3H3,(H,16,17). The van der Waals surface area contributed by atoms with Gasteiger partial charge >= 0.3 is 0 Å². The number of rotatable bonds is 6. The summed E-state index contributed by atoms with van der Waals surface area (Å²) in [6.45, 7) is 4.52. The van der Waals surface area contributed by atoms with Crippen molar-refractivity contribution >= 4 is 11.6 Å². The van der Waals surface area contributed by atoms with Crippen LogP contribution in [0.15, 0.2) is 24.3 Å². The number of methoxy groups -OCH3 is 1. The lowest BCUT2D eigenvalue weighted by molar-refractivity contribution is -0.115. The molecule has 18 heavy (non-hydrogen) atoms. The van der Waals surface area contributed by atoms with Crippen LogP contribution in [0.2, 0.25) is 0 Å². The second kappa shape index (κ2) is 6.47. The Morgan fingerprint density at radius 1 is 1.44 bits per heavy atom. The minimum absolute atomic E-state index is 0.146. The topological polar surface area (TPSA) is 50.4 Å². The van der Waals surface area contributed by atoms with Crippen LogP contribution in [-0.4, -0.2) is 31.7 Å². The number of halogens is 1. The van der Waals surface area contributed by atoms with Crippen molar-refractivity contribution in [1.29, 1.82) is 0 Å². The zero-order chi connectivity index (χ0) is 13.6. The largest absolute Gasteiger partial charge is 0.383 e. The number of hydrogen-bond donors (Lipinski definition) is 2. The molecule has 1 aromatic rings. The summed E-state index contributed by atoms with van der Waals surface area (Å²) in [5.74, 6) is -0.592. The fourth-order valence-electron chi connectivity index (χ4n) is 1.50. The lowest BCUT2D eigenvalue weighted by Crippen LogP contribution is -2.46. The summed E-state index contributed by atoms with van der Waals surface area (Å²) in [6, 6.07) is 5.79. The van der Waals surface area contributed by atoms with Crippen LogP contribution in [0.3, 0.4) is 0 Å². The molecule has 5 heteroatoms. The lowest BCUT2D eigenvalue weighted by atomic mass is 10.1. The predicted octanol–water partition coefficient (Wildman–Crippen LogP) is 1.78. The van der Waals surface area contributed by atoms with Gasteiger partial charge in [0.1, 0.15) is 5.82 Å². The number of benzene rings is 1. The van der Waals surface area contributed by atoms with Crippen molar-refractivity contribution in [2.75, 3.05) is 25.6 Å². The smallest absolute Gasteiger partial charge is 0.238 e. The molecule has 0 saturated heterocycles. The van der Waals surface area contributed by atoms with E-state index < -0.39 is 0 Å². The van der Waals surface area contributed by atoms with Gasteiger partial charge in [-0.3, -0.25) is 4.79 Å². The highest BCUT2D eigenvalue weighted by Gasteiger charge is 2.17. The van der Waals surface area contributed by atoms with Crippen molar-refractivity contribution in [3.63, 3.8) is 0 Å². The molecule has 0 aromatic heterocycles. The highest BCUT2D eigenvalue weighted by atomic mass is 19.1. The third-order valence-corrected chi connectivity index (χ3v) is 2.34. The molecule has 0 bridgehead atoms. The Morgan fingerprint density at radius 2 is 2.17 bits per heavy atom. The van der Waals surface area contributed by atoms with Gasteiger partial charge in [0.15, 0.2) is 0 Å². The summed E-state index contributed by atoms with van der Waals surface area (Å²) in [5, 5.41) is 5.68. The number of amides is 1. The number of ether oxygens (including phenoxy) is 1. The maximum Gasteiger partial charge on any atom is 0.238 e. The molecule has 1 aromatic carbocycles. The van der Waals surface area contributed by atoms with Crippen molar-refractivity contribution in [2.24, 2.45) is 0 Å². The molecule has 1 rings (SSSR count). The molecule has 2 N–H and O–H groups in total. The summed E-state index contributed by atoms with van der Waals surface area (Å²) >= 11 is 0. The Kier molecular flexibility index (Phi) is 5.25. The molecule has 0 spiro atoms. The molecule has 0 radical (unpaired) electrons. The number of nitrogens with one attached hydrogen (secondary N) is 2. The first kappa shape index (κ1) is 14.6. The lowest BCUT2D eigenvalue weighted by Gasteiger charge is -2.24. The van der Waals surface area contributed by atoms with Gasteiger partial charge in [-0.2, -0.15) is 0 Å². The third-order valence-electron chi connectivity index (χ3n) is 2.34. The van der Waals surface area contributed by atoms with Gasteiger partial charge in [-0.1, -0.05) is 6.07 Å². The molecule has 0 fully saturated rings. The van der Waals surface area contributed by atoms with Gasteiger partial charge in [0.2, 0.25) is 5.91 Å². The van der Waals surface area contributed by atoms with Crippen LogP contribution in [0.25, 0.3) is 0 Å². The van der Waals surface area contributed by atoms with E-state index in [0.29, 0.717) is 12.3 Å². The first-order chi connectivity index (χ1) is 8.43. The van der Waals surface area contributed by atoms with Gasteiger partial charge < -0.3 is 15.4 Å². The van der Waals surface area contributed by atoms with Crippen molar-refractivity contribution < 1.29 is 13.9 Å².